The summed E-state index contributed by atoms with van der Waals surface area (Å²) in [5, 5.41) is 0. The molecule has 84 valence electrons. The molecular weight excluding hydrogens is 190 g/mol. The lowest BCUT2D eigenvalue weighted by atomic mass is 10.1. The number of hydrogen-bond donors (Lipinski definition) is 2. The molecule has 0 saturated heterocycles. The van der Waals surface area contributed by atoms with Crippen molar-refractivity contribution in [1.29, 1.82) is 0 Å². The third kappa shape index (κ3) is 1.98. The van der Waals surface area contributed by atoms with Crippen molar-refractivity contribution in [3.8, 4) is 0 Å². The van der Waals surface area contributed by atoms with Gasteiger partial charge in [-0.3, -0.25) is 4.79 Å². The van der Waals surface area contributed by atoms with Gasteiger partial charge < -0.3 is 16.0 Å². The second-order valence-electron chi connectivity index (χ2n) is 4.35. The molecule has 0 aliphatic heterocycles. The average molecular weight is 209 g/mol. The third-order valence-electron chi connectivity index (χ3n) is 2.63. The highest BCUT2D eigenvalue weighted by atomic mass is 16.1. The van der Waals surface area contributed by atoms with E-state index in [4.69, 9.17) is 11.5 Å². The summed E-state index contributed by atoms with van der Waals surface area (Å²) >= 11 is 0. The molecule has 1 heterocycles. The predicted molar refractivity (Wildman–Crippen MR) is 63.8 cm³/mol. The van der Waals surface area contributed by atoms with Crippen LogP contribution in [0, 0.1) is 19.8 Å². The first-order valence-electron chi connectivity index (χ1n) is 5.11. The van der Waals surface area contributed by atoms with Gasteiger partial charge in [-0.1, -0.05) is 13.8 Å². The molecule has 0 spiro atoms. The average Bonchev–Trinajstić information content (AvgIpc) is 2.18. The number of hydrogen-bond acceptors (Lipinski definition) is 3. The van der Waals surface area contributed by atoms with Gasteiger partial charge in [0.15, 0.2) is 0 Å². The molecule has 0 radical (unpaired) electrons. The molecule has 0 unspecified atom stereocenters. The molecule has 0 fully saturated rings. The number of nitrogen functional groups attached to an aromatic ring is 2. The summed E-state index contributed by atoms with van der Waals surface area (Å²) in [4.78, 5) is 11.9. The van der Waals surface area contributed by atoms with Crippen molar-refractivity contribution in [2.45, 2.75) is 34.2 Å². The minimum absolute atomic E-state index is 0.132. The van der Waals surface area contributed by atoms with Crippen molar-refractivity contribution in [3.05, 3.63) is 21.6 Å². The maximum Gasteiger partial charge on any atom is 0.274 e. The van der Waals surface area contributed by atoms with E-state index in [0.717, 1.165) is 5.69 Å². The Kier molecular flexibility index (Phi) is 3.07. The molecular formula is C11H19N3O. The lowest BCUT2D eigenvalue weighted by Crippen LogP contribution is -2.29. The van der Waals surface area contributed by atoms with Gasteiger partial charge in [0, 0.05) is 17.8 Å². The van der Waals surface area contributed by atoms with Gasteiger partial charge >= 0.3 is 0 Å². The maximum atomic E-state index is 11.9. The van der Waals surface area contributed by atoms with Crippen LogP contribution in [0.3, 0.4) is 0 Å². The van der Waals surface area contributed by atoms with Gasteiger partial charge in [-0.2, -0.15) is 0 Å². The molecule has 0 bridgehead atoms. The van der Waals surface area contributed by atoms with Gasteiger partial charge in [-0.05, 0) is 19.8 Å². The maximum absolute atomic E-state index is 11.9. The van der Waals surface area contributed by atoms with E-state index < -0.39 is 0 Å². The van der Waals surface area contributed by atoms with Crippen molar-refractivity contribution in [3.63, 3.8) is 0 Å². The second kappa shape index (κ2) is 3.96. The summed E-state index contributed by atoms with van der Waals surface area (Å²) in [5.41, 5.74) is 13.9. The number of nitrogens with zero attached hydrogens (tertiary/aromatic N) is 1. The summed E-state index contributed by atoms with van der Waals surface area (Å²) in [7, 11) is 0. The Morgan fingerprint density at radius 3 is 2.20 bits per heavy atom. The van der Waals surface area contributed by atoms with Crippen molar-refractivity contribution in [2.75, 3.05) is 11.5 Å². The van der Waals surface area contributed by atoms with Gasteiger partial charge in [0.1, 0.15) is 5.69 Å². The fourth-order valence-electron chi connectivity index (χ4n) is 1.60. The smallest absolute Gasteiger partial charge is 0.274 e. The minimum Gasteiger partial charge on any atom is -0.397 e. The zero-order valence-corrected chi connectivity index (χ0v) is 9.79. The van der Waals surface area contributed by atoms with Gasteiger partial charge in [-0.15, -0.1) is 0 Å². The Morgan fingerprint density at radius 1 is 1.20 bits per heavy atom. The Labute approximate surface area is 89.9 Å². The van der Waals surface area contributed by atoms with Crippen LogP contribution >= 0.6 is 0 Å². The number of pyridine rings is 1. The second-order valence-corrected chi connectivity index (χ2v) is 4.35. The molecule has 0 atom stereocenters. The van der Waals surface area contributed by atoms with Crippen LogP contribution in [0.1, 0.15) is 25.1 Å². The lowest BCUT2D eigenvalue weighted by molar-refractivity contribution is 0.503. The first kappa shape index (κ1) is 11.6. The van der Waals surface area contributed by atoms with E-state index in [9.17, 15) is 4.79 Å². The van der Waals surface area contributed by atoms with Crippen LogP contribution in [0.15, 0.2) is 4.79 Å². The molecule has 0 amide bonds. The summed E-state index contributed by atoms with van der Waals surface area (Å²) in [6.07, 6.45) is 0. The Balaban J connectivity index is 3.46. The fraction of sp³-hybridized carbons (Fsp3) is 0.545. The van der Waals surface area contributed by atoms with Gasteiger partial charge in [0.2, 0.25) is 0 Å². The molecule has 0 saturated carbocycles. The highest BCUT2D eigenvalue weighted by Gasteiger charge is 2.12. The van der Waals surface area contributed by atoms with Crippen LogP contribution in [0.5, 0.6) is 0 Å². The zero-order valence-electron chi connectivity index (χ0n) is 9.79. The van der Waals surface area contributed by atoms with Gasteiger partial charge in [0.25, 0.3) is 5.56 Å². The highest BCUT2D eigenvalue weighted by Crippen LogP contribution is 2.19. The van der Waals surface area contributed by atoms with Crippen LogP contribution in [0.2, 0.25) is 0 Å². The summed E-state index contributed by atoms with van der Waals surface area (Å²) in [5.74, 6) is 0.392. The van der Waals surface area contributed by atoms with Crippen molar-refractivity contribution >= 4 is 11.4 Å². The summed E-state index contributed by atoms with van der Waals surface area (Å²) in [6, 6.07) is 0. The zero-order chi connectivity index (χ0) is 11.7. The van der Waals surface area contributed by atoms with Crippen LogP contribution in [-0.4, -0.2) is 4.57 Å². The van der Waals surface area contributed by atoms with Crippen molar-refractivity contribution in [2.24, 2.45) is 5.92 Å². The van der Waals surface area contributed by atoms with Crippen LogP contribution in [0.25, 0.3) is 0 Å². The van der Waals surface area contributed by atoms with Crippen LogP contribution < -0.4 is 17.0 Å². The van der Waals surface area contributed by atoms with E-state index in [2.05, 4.69) is 13.8 Å². The van der Waals surface area contributed by atoms with Crippen LogP contribution in [0.4, 0.5) is 11.4 Å². The SMILES string of the molecule is Cc1c(N)c(C)n(CC(C)C)c(=O)c1N. The van der Waals surface area contributed by atoms with Crippen molar-refractivity contribution in [1.82, 2.24) is 4.57 Å². The van der Waals surface area contributed by atoms with Crippen molar-refractivity contribution < 1.29 is 0 Å². The first-order valence-corrected chi connectivity index (χ1v) is 5.11. The molecule has 1 rings (SSSR count). The predicted octanol–water partition coefficient (Wildman–Crippen LogP) is 1.29. The largest absolute Gasteiger partial charge is 0.397 e. The summed E-state index contributed by atoms with van der Waals surface area (Å²) in [6.45, 7) is 8.39. The van der Waals surface area contributed by atoms with Gasteiger partial charge in [0.05, 0.1) is 5.69 Å². The normalized spacial score (nSPS) is 11.0. The fourth-order valence-corrected chi connectivity index (χ4v) is 1.60. The Morgan fingerprint density at radius 2 is 1.73 bits per heavy atom. The Bertz CT molecular complexity index is 432. The quantitative estimate of drug-likeness (QED) is 0.770. The molecule has 4 nitrogen and oxygen atoms in total. The minimum atomic E-state index is -0.132. The molecule has 1 aromatic heterocycles. The van der Waals surface area contributed by atoms with E-state index in [0.29, 0.717) is 23.7 Å². The molecule has 4 N–H and O–H groups in total. The number of anilines is 2. The standard InChI is InChI=1S/C11H19N3O/c1-6(2)5-14-8(4)9(12)7(3)10(13)11(14)15/h6H,5,12-13H2,1-4H3. The van der Waals surface area contributed by atoms with Crippen LogP contribution in [-0.2, 0) is 6.54 Å². The first-order chi connectivity index (χ1) is 6.86. The van der Waals surface area contributed by atoms with E-state index in [1.807, 2.05) is 6.92 Å². The molecule has 4 heteroatoms. The molecule has 15 heavy (non-hydrogen) atoms. The molecule has 1 aromatic rings. The third-order valence-corrected chi connectivity index (χ3v) is 2.63. The monoisotopic (exact) mass is 209 g/mol. The van der Waals surface area contributed by atoms with E-state index in [-0.39, 0.29) is 11.2 Å². The molecule has 0 aliphatic carbocycles. The molecule has 0 aromatic carbocycles. The van der Waals surface area contributed by atoms with E-state index in [1.165, 1.54) is 0 Å². The highest BCUT2D eigenvalue weighted by molar-refractivity contribution is 5.61. The number of aromatic nitrogens is 1. The topological polar surface area (TPSA) is 74.0 Å². The number of rotatable bonds is 2. The van der Waals surface area contributed by atoms with E-state index >= 15 is 0 Å². The summed E-state index contributed by atoms with van der Waals surface area (Å²) < 4.78 is 1.66. The Hall–Kier alpha value is -1.45. The van der Waals surface area contributed by atoms with E-state index in [1.54, 1.807) is 11.5 Å². The number of nitrogens with two attached hydrogens (primary N) is 2. The lowest BCUT2D eigenvalue weighted by Gasteiger charge is -2.17. The molecule has 0 aliphatic rings. The van der Waals surface area contributed by atoms with Gasteiger partial charge in [-0.25, -0.2) is 0 Å².